The minimum atomic E-state index is -1.06. The number of rotatable bonds is 6. The zero-order chi connectivity index (χ0) is 17.0. The molecule has 1 aromatic carbocycles. The number of carboxylic acids is 1. The summed E-state index contributed by atoms with van der Waals surface area (Å²) in [7, 11) is 4.43. The summed E-state index contributed by atoms with van der Waals surface area (Å²) in [5.41, 5.74) is 0.437. The second kappa shape index (κ2) is 7.19. The summed E-state index contributed by atoms with van der Waals surface area (Å²) in [6, 6.07) is 3.17. The van der Waals surface area contributed by atoms with Gasteiger partial charge in [-0.1, -0.05) is 0 Å². The maximum absolute atomic E-state index is 12.2. The summed E-state index contributed by atoms with van der Waals surface area (Å²) in [5, 5.41) is 11.6. The average molecular weight is 325 g/mol. The van der Waals surface area contributed by atoms with Crippen molar-refractivity contribution in [1.29, 1.82) is 0 Å². The van der Waals surface area contributed by atoms with Gasteiger partial charge in [-0.3, -0.25) is 4.79 Å². The lowest BCUT2D eigenvalue weighted by Gasteiger charge is -2.16. The fraction of sp³-hybridized carbons (Fsp3) is 0.467. The van der Waals surface area contributed by atoms with Gasteiger partial charge in [-0.2, -0.15) is 0 Å². The van der Waals surface area contributed by atoms with E-state index in [0.717, 1.165) is 0 Å². The molecular formula is C15H19NO7. The van der Waals surface area contributed by atoms with Crippen LogP contribution in [0.3, 0.4) is 0 Å². The molecule has 0 spiro atoms. The Morgan fingerprint density at radius 3 is 2.09 bits per heavy atom. The number of nitrogens with one attached hydrogen (secondary N) is 1. The van der Waals surface area contributed by atoms with Gasteiger partial charge in [-0.15, -0.1) is 0 Å². The number of carbonyl (C=O) groups is 2. The van der Waals surface area contributed by atoms with Crippen molar-refractivity contribution in [2.24, 2.45) is 0 Å². The van der Waals surface area contributed by atoms with E-state index in [1.165, 1.54) is 21.3 Å². The molecule has 126 valence electrons. The highest BCUT2D eigenvalue weighted by atomic mass is 16.5. The number of benzene rings is 1. The molecule has 1 amide bonds. The number of ether oxygens (including phenoxy) is 4. The maximum Gasteiger partial charge on any atom is 0.332 e. The van der Waals surface area contributed by atoms with E-state index in [9.17, 15) is 9.59 Å². The lowest BCUT2D eigenvalue weighted by Crippen LogP contribution is -2.29. The number of methoxy groups -OCH3 is 3. The highest BCUT2D eigenvalue weighted by Gasteiger charge is 2.34. The fourth-order valence-corrected chi connectivity index (χ4v) is 2.39. The molecule has 1 fully saturated rings. The fourth-order valence-electron chi connectivity index (χ4n) is 2.39. The topological polar surface area (TPSA) is 103 Å². The molecule has 0 aliphatic carbocycles. The Kier molecular flexibility index (Phi) is 5.28. The van der Waals surface area contributed by atoms with Crippen LogP contribution in [0.5, 0.6) is 17.2 Å². The zero-order valence-corrected chi connectivity index (χ0v) is 13.1. The highest BCUT2D eigenvalue weighted by Crippen LogP contribution is 2.40. The lowest BCUT2D eigenvalue weighted by molar-refractivity contribution is -0.150. The van der Waals surface area contributed by atoms with Crippen LogP contribution in [0.25, 0.3) is 0 Å². The van der Waals surface area contributed by atoms with Gasteiger partial charge >= 0.3 is 5.97 Å². The molecule has 2 atom stereocenters. The first-order valence-corrected chi connectivity index (χ1v) is 6.99. The van der Waals surface area contributed by atoms with Gasteiger partial charge in [0.05, 0.1) is 21.3 Å². The molecule has 1 aromatic rings. The van der Waals surface area contributed by atoms with E-state index in [2.05, 4.69) is 5.32 Å². The second-order valence-corrected chi connectivity index (χ2v) is 4.93. The highest BCUT2D eigenvalue weighted by molar-refractivity contribution is 5.95. The van der Waals surface area contributed by atoms with E-state index >= 15 is 0 Å². The van der Waals surface area contributed by atoms with E-state index in [1.54, 1.807) is 12.1 Å². The molecule has 8 nitrogen and oxygen atoms in total. The van der Waals surface area contributed by atoms with Crippen LogP contribution in [0.2, 0.25) is 0 Å². The normalized spacial score (nSPS) is 20.0. The summed E-state index contributed by atoms with van der Waals surface area (Å²) < 4.78 is 20.8. The van der Waals surface area contributed by atoms with Crippen molar-refractivity contribution < 1.29 is 33.6 Å². The summed E-state index contributed by atoms with van der Waals surface area (Å²) in [4.78, 5) is 23.1. The average Bonchev–Trinajstić information content (AvgIpc) is 3.04. The van der Waals surface area contributed by atoms with Crippen molar-refractivity contribution in [3.63, 3.8) is 0 Å². The number of hydrogen-bond acceptors (Lipinski definition) is 6. The first-order valence-electron chi connectivity index (χ1n) is 6.99. The molecule has 2 rings (SSSR count). The Hall–Kier alpha value is -2.48. The summed E-state index contributed by atoms with van der Waals surface area (Å²) in [6.07, 6.45) is -1.07. The number of aliphatic carboxylic acids is 1. The number of carbonyl (C=O) groups excluding carboxylic acids is 1. The van der Waals surface area contributed by atoms with Gasteiger partial charge in [0.25, 0.3) is 5.91 Å². The van der Waals surface area contributed by atoms with Crippen LogP contribution >= 0.6 is 0 Å². The molecule has 0 bridgehead atoms. The van der Waals surface area contributed by atoms with Crippen molar-refractivity contribution in [1.82, 2.24) is 0 Å². The van der Waals surface area contributed by atoms with Crippen LogP contribution in [0, 0.1) is 0 Å². The van der Waals surface area contributed by atoms with Gasteiger partial charge < -0.3 is 29.4 Å². The van der Waals surface area contributed by atoms with Crippen LogP contribution in [0.15, 0.2) is 12.1 Å². The van der Waals surface area contributed by atoms with Gasteiger partial charge in [0.1, 0.15) is 6.10 Å². The van der Waals surface area contributed by atoms with Crippen molar-refractivity contribution in [3.05, 3.63) is 12.1 Å². The first-order chi connectivity index (χ1) is 11.0. The molecular weight excluding hydrogens is 306 g/mol. The molecule has 23 heavy (non-hydrogen) atoms. The smallest absolute Gasteiger partial charge is 0.332 e. The maximum atomic E-state index is 12.2. The Balaban J connectivity index is 2.14. The predicted molar refractivity (Wildman–Crippen MR) is 80.3 cm³/mol. The number of carboxylic acid groups (broad SMARTS) is 1. The largest absolute Gasteiger partial charge is 0.493 e. The Labute approximate surface area is 133 Å². The van der Waals surface area contributed by atoms with Gasteiger partial charge in [-0.05, 0) is 12.8 Å². The van der Waals surface area contributed by atoms with E-state index in [0.29, 0.717) is 35.8 Å². The van der Waals surface area contributed by atoms with Crippen molar-refractivity contribution in [2.75, 3.05) is 26.6 Å². The first kappa shape index (κ1) is 16.9. The van der Waals surface area contributed by atoms with Crippen molar-refractivity contribution >= 4 is 17.6 Å². The number of anilines is 1. The van der Waals surface area contributed by atoms with E-state index in [1.807, 2.05) is 0 Å². The summed E-state index contributed by atoms with van der Waals surface area (Å²) in [5.74, 6) is -0.261. The summed E-state index contributed by atoms with van der Waals surface area (Å²) in [6.45, 7) is 0. The quantitative estimate of drug-likeness (QED) is 0.812. The molecule has 1 saturated heterocycles. The minimum Gasteiger partial charge on any atom is -0.493 e. The van der Waals surface area contributed by atoms with Gasteiger partial charge in [0, 0.05) is 17.8 Å². The van der Waals surface area contributed by atoms with Crippen molar-refractivity contribution in [2.45, 2.75) is 25.0 Å². The zero-order valence-electron chi connectivity index (χ0n) is 13.1. The SMILES string of the molecule is COc1cc(NC(=O)[C@@H]2CC[C@H](C(=O)O)O2)cc(OC)c1OC. The molecule has 2 N–H and O–H groups in total. The monoisotopic (exact) mass is 325 g/mol. The van der Waals surface area contributed by atoms with Crippen LogP contribution in [0.4, 0.5) is 5.69 Å². The number of amides is 1. The van der Waals surface area contributed by atoms with E-state index in [-0.39, 0.29) is 0 Å². The van der Waals surface area contributed by atoms with E-state index in [4.69, 9.17) is 24.1 Å². The molecule has 0 saturated carbocycles. The Bertz CT molecular complexity index is 576. The molecule has 0 aromatic heterocycles. The van der Waals surface area contributed by atoms with Crippen LogP contribution in [-0.4, -0.2) is 50.5 Å². The molecule has 1 aliphatic rings. The molecule has 8 heteroatoms. The van der Waals surface area contributed by atoms with Crippen LogP contribution in [0.1, 0.15) is 12.8 Å². The number of hydrogen-bond donors (Lipinski definition) is 2. The standard InChI is InChI=1S/C15H19NO7/c1-20-11-6-8(7-12(21-2)13(11)22-3)16-14(17)9-4-5-10(23-9)15(18)19/h6-7,9-10H,4-5H2,1-3H3,(H,16,17)(H,18,19)/t9-,10+/m0/s1. The minimum absolute atomic E-state index is 0.308. The van der Waals surface area contributed by atoms with Gasteiger partial charge in [0.2, 0.25) is 5.75 Å². The third kappa shape index (κ3) is 3.65. The molecule has 1 heterocycles. The van der Waals surface area contributed by atoms with Gasteiger partial charge in [-0.25, -0.2) is 4.79 Å². The van der Waals surface area contributed by atoms with Crippen molar-refractivity contribution in [3.8, 4) is 17.2 Å². The molecule has 1 aliphatic heterocycles. The molecule has 0 radical (unpaired) electrons. The predicted octanol–water partition coefficient (Wildman–Crippen LogP) is 1.28. The van der Waals surface area contributed by atoms with Crippen LogP contribution in [-0.2, 0) is 14.3 Å². The van der Waals surface area contributed by atoms with E-state index < -0.39 is 24.1 Å². The Morgan fingerprint density at radius 1 is 1.09 bits per heavy atom. The summed E-state index contributed by atoms with van der Waals surface area (Å²) >= 11 is 0. The molecule has 0 unspecified atom stereocenters. The van der Waals surface area contributed by atoms with Crippen LogP contribution < -0.4 is 19.5 Å². The van der Waals surface area contributed by atoms with Gasteiger partial charge in [0.15, 0.2) is 17.6 Å². The second-order valence-electron chi connectivity index (χ2n) is 4.93. The Morgan fingerprint density at radius 2 is 1.65 bits per heavy atom. The lowest BCUT2D eigenvalue weighted by atomic mass is 10.2. The third-order valence-electron chi connectivity index (χ3n) is 3.52. The third-order valence-corrected chi connectivity index (χ3v) is 3.52.